The molecular weight excluding hydrogens is 282 g/mol. The standard InChI is InChI=1S/C21H37NO/c1-3-5-7-9-10-12-18-23-21-15-13-20(14-16-21)19-22-17-11-8-6-4-2/h13-16,22H,3-12,17-19H2,1-2H3. The first-order valence-corrected chi connectivity index (χ1v) is 9.79. The van der Waals surface area contributed by atoms with Crippen LogP contribution >= 0.6 is 0 Å². The molecule has 1 aromatic carbocycles. The zero-order valence-electron chi connectivity index (χ0n) is 15.4. The van der Waals surface area contributed by atoms with Crippen molar-refractivity contribution in [3.05, 3.63) is 29.8 Å². The lowest BCUT2D eigenvalue weighted by molar-refractivity contribution is 0.304. The van der Waals surface area contributed by atoms with Crippen molar-refractivity contribution in [2.45, 2.75) is 84.6 Å². The van der Waals surface area contributed by atoms with Crippen LogP contribution in [0.25, 0.3) is 0 Å². The first-order valence-electron chi connectivity index (χ1n) is 9.79. The molecule has 0 atom stereocenters. The highest BCUT2D eigenvalue weighted by atomic mass is 16.5. The highest BCUT2D eigenvalue weighted by Gasteiger charge is 1.97. The Balaban J connectivity index is 2.04. The van der Waals surface area contributed by atoms with Crippen LogP contribution in [0.15, 0.2) is 24.3 Å². The monoisotopic (exact) mass is 319 g/mol. The zero-order valence-corrected chi connectivity index (χ0v) is 15.4. The van der Waals surface area contributed by atoms with Gasteiger partial charge in [0.05, 0.1) is 6.61 Å². The summed E-state index contributed by atoms with van der Waals surface area (Å²) in [7, 11) is 0. The van der Waals surface area contributed by atoms with Crippen LogP contribution in [-0.2, 0) is 6.54 Å². The zero-order chi connectivity index (χ0) is 16.6. The van der Waals surface area contributed by atoms with Gasteiger partial charge in [-0.1, -0.05) is 77.3 Å². The molecule has 0 aliphatic heterocycles. The maximum Gasteiger partial charge on any atom is 0.119 e. The molecule has 2 heteroatoms. The van der Waals surface area contributed by atoms with Gasteiger partial charge in [-0.05, 0) is 37.1 Å². The molecule has 0 saturated heterocycles. The van der Waals surface area contributed by atoms with Crippen LogP contribution in [-0.4, -0.2) is 13.2 Å². The average molecular weight is 320 g/mol. The number of rotatable bonds is 15. The van der Waals surface area contributed by atoms with Crippen LogP contribution in [0.4, 0.5) is 0 Å². The molecule has 0 aliphatic rings. The summed E-state index contributed by atoms with van der Waals surface area (Å²) in [6.45, 7) is 7.44. The molecule has 1 N–H and O–H groups in total. The number of ether oxygens (including phenoxy) is 1. The molecule has 0 bridgehead atoms. The van der Waals surface area contributed by atoms with Gasteiger partial charge in [-0.3, -0.25) is 0 Å². The minimum absolute atomic E-state index is 0.848. The maximum atomic E-state index is 5.82. The first kappa shape index (κ1) is 20.0. The van der Waals surface area contributed by atoms with E-state index in [2.05, 4.69) is 43.4 Å². The van der Waals surface area contributed by atoms with Gasteiger partial charge < -0.3 is 10.1 Å². The SMILES string of the molecule is CCCCCCCCOc1ccc(CNCCCCCC)cc1. The highest BCUT2D eigenvalue weighted by Crippen LogP contribution is 2.13. The van der Waals surface area contributed by atoms with E-state index in [0.717, 1.165) is 25.4 Å². The largest absolute Gasteiger partial charge is 0.494 e. The minimum Gasteiger partial charge on any atom is -0.494 e. The Morgan fingerprint density at radius 3 is 2.04 bits per heavy atom. The smallest absolute Gasteiger partial charge is 0.119 e. The van der Waals surface area contributed by atoms with E-state index in [0.29, 0.717) is 0 Å². The molecule has 23 heavy (non-hydrogen) atoms. The van der Waals surface area contributed by atoms with E-state index in [1.165, 1.54) is 69.8 Å². The van der Waals surface area contributed by atoms with Crippen molar-refractivity contribution >= 4 is 0 Å². The van der Waals surface area contributed by atoms with Gasteiger partial charge in [0.15, 0.2) is 0 Å². The van der Waals surface area contributed by atoms with Crippen LogP contribution in [0.2, 0.25) is 0 Å². The lowest BCUT2D eigenvalue weighted by Gasteiger charge is -2.08. The van der Waals surface area contributed by atoms with Crippen molar-refractivity contribution in [1.29, 1.82) is 0 Å². The Hall–Kier alpha value is -1.02. The lowest BCUT2D eigenvalue weighted by Crippen LogP contribution is -2.14. The Morgan fingerprint density at radius 2 is 1.35 bits per heavy atom. The fraction of sp³-hybridized carbons (Fsp3) is 0.714. The van der Waals surface area contributed by atoms with E-state index < -0.39 is 0 Å². The van der Waals surface area contributed by atoms with Crippen molar-refractivity contribution in [1.82, 2.24) is 5.32 Å². The third-order valence-corrected chi connectivity index (χ3v) is 4.23. The minimum atomic E-state index is 0.848. The quantitative estimate of drug-likeness (QED) is 0.395. The normalized spacial score (nSPS) is 10.9. The van der Waals surface area contributed by atoms with Gasteiger partial charge >= 0.3 is 0 Å². The van der Waals surface area contributed by atoms with Crippen LogP contribution < -0.4 is 10.1 Å². The van der Waals surface area contributed by atoms with E-state index in [1.807, 2.05) is 0 Å². The molecule has 0 amide bonds. The molecule has 0 aromatic heterocycles. The molecular formula is C21H37NO. The number of unbranched alkanes of at least 4 members (excludes halogenated alkanes) is 8. The van der Waals surface area contributed by atoms with E-state index in [-0.39, 0.29) is 0 Å². The first-order chi connectivity index (χ1) is 11.4. The molecule has 0 fully saturated rings. The van der Waals surface area contributed by atoms with Crippen LogP contribution in [0.1, 0.15) is 83.6 Å². The van der Waals surface area contributed by atoms with Crippen LogP contribution in [0.5, 0.6) is 5.75 Å². The van der Waals surface area contributed by atoms with Crippen molar-refractivity contribution in [3.63, 3.8) is 0 Å². The van der Waals surface area contributed by atoms with Crippen molar-refractivity contribution < 1.29 is 4.74 Å². The highest BCUT2D eigenvalue weighted by molar-refractivity contribution is 5.27. The maximum absolute atomic E-state index is 5.82. The summed E-state index contributed by atoms with van der Waals surface area (Å²) in [5.74, 6) is 1.00. The topological polar surface area (TPSA) is 21.3 Å². The van der Waals surface area contributed by atoms with E-state index >= 15 is 0 Å². The third-order valence-electron chi connectivity index (χ3n) is 4.23. The van der Waals surface area contributed by atoms with Crippen molar-refractivity contribution in [2.24, 2.45) is 0 Å². The number of benzene rings is 1. The summed E-state index contributed by atoms with van der Waals surface area (Å²) in [5.41, 5.74) is 1.34. The van der Waals surface area contributed by atoms with Gasteiger partial charge in [0.25, 0.3) is 0 Å². The molecule has 1 rings (SSSR count). The van der Waals surface area contributed by atoms with Crippen molar-refractivity contribution in [2.75, 3.05) is 13.2 Å². The third kappa shape index (κ3) is 11.2. The fourth-order valence-electron chi connectivity index (χ4n) is 2.69. The molecule has 132 valence electrons. The van der Waals surface area contributed by atoms with Gasteiger partial charge in [-0.25, -0.2) is 0 Å². The second-order valence-corrected chi connectivity index (χ2v) is 6.50. The predicted molar refractivity (Wildman–Crippen MR) is 101 cm³/mol. The Bertz CT molecular complexity index is 361. The molecule has 0 spiro atoms. The molecule has 0 aliphatic carbocycles. The molecule has 0 unspecified atom stereocenters. The van der Waals surface area contributed by atoms with Gasteiger partial charge in [0.1, 0.15) is 5.75 Å². The summed E-state index contributed by atoms with van der Waals surface area (Å²) in [6, 6.07) is 8.56. The van der Waals surface area contributed by atoms with Gasteiger partial charge in [-0.2, -0.15) is 0 Å². The molecule has 2 nitrogen and oxygen atoms in total. The van der Waals surface area contributed by atoms with Gasteiger partial charge in [0.2, 0.25) is 0 Å². The number of nitrogens with one attached hydrogen (secondary N) is 1. The second-order valence-electron chi connectivity index (χ2n) is 6.50. The summed E-state index contributed by atoms with van der Waals surface area (Å²) >= 11 is 0. The summed E-state index contributed by atoms with van der Waals surface area (Å²) in [6.07, 6.45) is 13.2. The van der Waals surface area contributed by atoms with Crippen molar-refractivity contribution in [3.8, 4) is 5.75 Å². The molecule has 0 radical (unpaired) electrons. The summed E-state index contributed by atoms with van der Waals surface area (Å²) < 4.78 is 5.82. The van der Waals surface area contributed by atoms with Crippen LogP contribution in [0.3, 0.4) is 0 Å². The molecule has 0 heterocycles. The lowest BCUT2D eigenvalue weighted by atomic mass is 10.1. The summed E-state index contributed by atoms with van der Waals surface area (Å²) in [4.78, 5) is 0. The van der Waals surface area contributed by atoms with E-state index in [9.17, 15) is 0 Å². The van der Waals surface area contributed by atoms with Crippen LogP contribution in [0, 0.1) is 0 Å². The van der Waals surface area contributed by atoms with E-state index in [4.69, 9.17) is 4.74 Å². The average Bonchev–Trinajstić information content (AvgIpc) is 2.58. The molecule has 1 aromatic rings. The predicted octanol–water partition coefficient (Wildman–Crippen LogP) is 6.10. The van der Waals surface area contributed by atoms with Gasteiger partial charge in [-0.15, -0.1) is 0 Å². The Morgan fingerprint density at radius 1 is 0.739 bits per heavy atom. The van der Waals surface area contributed by atoms with Gasteiger partial charge in [0, 0.05) is 6.54 Å². The number of hydrogen-bond donors (Lipinski definition) is 1. The Kier molecular flexibility index (Phi) is 12.7. The van der Waals surface area contributed by atoms with E-state index in [1.54, 1.807) is 0 Å². The molecule has 0 saturated carbocycles. The fourth-order valence-corrected chi connectivity index (χ4v) is 2.69. The summed E-state index contributed by atoms with van der Waals surface area (Å²) in [5, 5.41) is 3.52. The Labute approximate surface area is 144 Å². The number of hydrogen-bond acceptors (Lipinski definition) is 2. The second kappa shape index (κ2) is 14.6.